The first-order chi connectivity index (χ1) is 9.69. The molecule has 0 aliphatic rings. The lowest BCUT2D eigenvalue weighted by Gasteiger charge is -2.03. The minimum atomic E-state index is -0.387. The van der Waals surface area contributed by atoms with Crippen molar-refractivity contribution in [1.82, 2.24) is 26.0 Å². The van der Waals surface area contributed by atoms with Gasteiger partial charge < -0.3 is 14.9 Å². The molecule has 0 aliphatic carbocycles. The highest BCUT2D eigenvalue weighted by Gasteiger charge is 2.02. The Morgan fingerprint density at radius 1 is 1.60 bits per heavy atom. The molecule has 2 N–H and O–H groups in total. The molecule has 2 rings (SSSR count). The van der Waals surface area contributed by atoms with Gasteiger partial charge in [-0.15, -0.1) is 0 Å². The van der Waals surface area contributed by atoms with Crippen molar-refractivity contribution in [3.05, 3.63) is 29.6 Å². The third kappa shape index (κ3) is 3.51. The van der Waals surface area contributed by atoms with Gasteiger partial charge >= 0.3 is 0 Å². The van der Waals surface area contributed by atoms with Crippen LogP contribution in [-0.4, -0.2) is 39.9 Å². The van der Waals surface area contributed by atoms with Gasteiger partial charge in [-0.05, 0) is 23.8 Å². The minimum Gasteiger partial charge on any atom is -0.504 e. The van der Waals surface area contributed by atoms with Gasteiger partial charge in [0.25, 0.3) is 0 Å². The Morgan fingerprint density at radius 3 is 3.15 bits per heavy atom. The fourth-order valence-corrected chi connectivity index (χ4v) is 1.37. The molecule has 9 heteroatoms. The van der Waals surface area contributed by atoms with E-state index in [0.717, 1.165) is 0 Å². The third-order valence-electron chi connectivity index (χ3n) is 2.29. The normalized spacial score (nSPS) is 10.7. The lowest BCUT2D eigenvalue weighted by atomic mass is 10.2. The number of nitrogens with zero attached hydrogens (tertiary/aromatic N) is 5. The molecule has 0 saturated carbocycles. The van der Waals surface area contributed by atoms with E-state index in [9.17, 15) is 9.90 Å². The highest BCUT2D eigenvalue weighted by molar-refractivity contribution is 5.83. The molecule has 0 unspecified atom stereocenters. The summed E-state index contributed by atoms with van der Waals surface area (Å²) in [6.45, 7) is 0. The lowest BCUT2D eigenvalue weighted by Crippen LogP contribution is -2.20. The summed E-state index contributed by atoms with van der Waals surface area (Å²) in [4.78, 5) is 11.5. The minimum absolute atomic E-state index is 0.0297. The largest absolute Gasteiger partial charge is 0.504 e. The number of benzene rings is 1. The van der Waals surface area contributed by atoms with Gasteiger partial charge in [-0.3, -0.25) is 15.1 Å². The van der Waals surface area contributed by atoms with E-state index in [1.165, 1.54) is 19.4 Å². The molecule has 1 aromatic carbocycles. The van der Waals surface area contributed by atoms with Gasteiger partial charge in [0.05, 0.1) is 19.7 Å². The molecule has 2 aromatic rings. The maximum absolute atomic E-state index is 11.5. The van der Waals surface area contributed by atoms with Crippen molar-refractivity contribution in [3.8, 4) is 11.5 Å². The number of phenolic OH excluding ortho intramolecular Hbond substituents is 1. The lowest BCUT2D eigenvalue weighted by molar-refractivity contribution is -0.120. The Hall–Kier alpha value is -2.97. The number of carbonyl (C=O) groups excluding carboxylic acids is 1. The van der Waals surface area contributed by atoms with Crippen molar-refractivity contribution >= 4 is 12.1 Å². The number of hydrazone groups is 1. The second-order valence-corrected chi connectivity index (χ2v) is 3.70. The molecular formula is C11H11N6O3-. The van der Waals surface area contributed by atoms with Gasteiger partial charge in [0, 0.05) is 5.82 Å². The second kappa shape index (κ2) is 6.27. The van der Waals surface area contributed by atoms with Crippen LogP contribution >= 0.6 is 0 Å². The molecule has 0 saturated heterocycles. The molecule has 1 heterocycles. The van der Waals surface area contributed by atoms with E-state index in [0.29, 0.717) is 11.3 Å². The number of nitrogens with one attached hydrogen (secondary N) is 1. The number of rotatable bonds is 5. The van der Waals surface area contributed by atoms with Crippen molar-refractivity contribution in [2.45, 2.75) is 6.42 Å². The molecule has 0 spiro atoms. The van der Waals surface area contributed by atoms with Gasteiger partial charge in [0.1, 0.15) is 0 Å². The first kappa shape index (κ1) is 13.5. The van der Waals surface area contributed by atoms with Crippen LogP contribution in [0.3, 0.4) is 0 Å². The summed E-state index contributed by atoms with van der Waals surface area (Å²) >= 11 is 0. The number of hydrogen-bond donors (Lipinski definition) is 2. The van der Waals surface area contributed by atoms with E-state index in [4.69, 9.17) is 4.74 Å². The first-order valence-electron chi connectivity index (χ1n) is 5.55. The van der Waals surface area contributed by atoms with E-state index in [1.54, 1.807) is 12.1 Å². The van der Waals surface area contributed by atoms with Gasteiger partial charge in [-0.1, -0.05) is 0 Å². The van der Waals surface area contributed by atoms with Gasteiger partial charge in [0.2, 0.25) is 5.91 Å². The van der Waals surface area contributed by atoms with E-state index in [-0.39, 0.29) is 23.9 Å². The summed E-state index contributed by atoms with van der Waals surface area (Å²) in [5.74, 6) is 0.190. The molecule has 0 bridgehead atoms. The second-order valence-electron chi connectivity index (χ2n) is 3.70. The Balaban J connectivity index is 1.91. The zero-order valence-corrected chi connectivity index (χ0v) is 10.5. The molecule has 0 fully saturated rings. The van der Waals surface area contributed by atoms with Gasteiger partial charge in [0.15, 0.2) is 11.5 Å². The molecule has 1 aromatic heterocycles. The summed E-state index contributed by atoms with van der Waals surface area (Å²) in [5.41, 5.74) is 2.97. The Labute approximate surface area is 113 Å². The molecule has 20 heavy (non-hydrogen) atoms. The van der Waals surface area contributed by atoms with Crippen LogP contribution in [0.1, 0.15) is 11.4 Å². The van der Waals surface area contributed by atoms with Crippen molar-refractivity contribution in [2.75, 3.05) is 7.11 Å². The number of carbonyl (C=O) groups is 1. The quantitative estimate of drug-likeness (QED) is 0.542. The van der Waals surface area contributed by atoms with E-state index in [1.807, 2.05) is 0 Å². The number of aromatic hydroxyl groups is 1. The predicted octanol–water partition coefficient (Wildman–Crippen LogP) is -0.764. The van der Waals surface area contributed by atoms with Crippen LogP contribution in [0.25, 0.3) is 0 Å². The van der Waals surface area contributed by atoms with Crippen molar-refractivity contribution < 1.29 is 14.6 Å². The summed E-state index contributed by atoms with van der Waals surface area (Å²) in [7, 11) is 1.44. The number of phenols is 1. The van der Waals surface area contributed by atoms with Crippen molar-refractivity contribution in [2.24, 2.45) is 5.10 Å². The Kier molecular flexibility index (Phi) is 4.22. The third-order valence-corrected chi connectivity index (χ3v) is 2.29. The smallest absolute Gasteiger partial charge is 0.244 e. The molecule has 1 amide bonds. The SMILES string of the molecule is COc1cc(/C=N/NC(=O)Cc2nnn[n-]2)ccc1O. The van der Waals surface area contributed by atoms with E-state index in [2.05, 4.69) is 31.2 Å². The van der Waals surface area contributed by atoms with Crippen LogP contribution in [0.2, 0.25) is 0 Å². The Bertz CT molecular complexity index is 611. The molecule has 0 radical (unpaired) electrons. The summed E-state index contributed by atoms with van der Waals surface area (Å²) in [5, 5.41) is 26.8. The number of tetrazole rings is 1. The number of ether oxygens (including phenoxy) is 1. The number of aromatic nitrogens is 4. The van der Waals surface area contributed by atoms with Crippen molar-refractivity contribution in [3.63, 3.8) is 0 Å². The average Bonchev–Trinajstić information content (AvgIpc) is 2.93. The Morgan fingerprint density at radius 2 is 2.45 bits per heavy atom. The summed E-state index contributed by atoms with van der Waals surface area (Å²) in [6.07, 6.45) is 1.37. The van der Waals surface area contributed by atoms with Crippen LogP contribution < -0.4 is 15.3 Å². The maximum atomic E-state index is 11.5. The fourth-order valence-electron chi connectivity index (χ4n) is 1.37. The maximum Gasteiger partial charge on any atom is 0.244 e. The molecular weight excluding hydrogens is 264 g/mol. The first-order valence-corrected chi connectivity index (χ1v) is 5.55. The van der Waals surface area contributed by atoms with E-state index >= 15 is 0 Å². The monoisotopic (exact) mass is 275 g/mol. The van der Waals surface area contributed by atoms with Crippen LogP contribution in [0, 0.1) is 0 Å². The average molecular weight is 275 g/mol. The fraction of sp³-hybridized carbons (Fsp3) is 0.182. The zero-order valence-electron chi connectivity index (χ0n) is 10.5. The van der Waals surface area contributed by atoms with E-state index < -0.39 is 0 Å². The van der Waals surface area contributed by atoms with Gasteiger partial charge in [-0.2, -0.15) is 10.3 Å². The summed E-state index contributed by atoms with van der Waals surface area (Å²) in [6, 6.07) is 4.68. The highest BCUT2D eigenvalue weighted by atomic mass is 16.5. The molecule has 104 valence electrons. The molecule has 0 atom stereocenters. The molecule has 0 aliphatic heterocycles. The number of methoxy groups -OCH3 is 1. The number of hydrogen-bond acceptors (Lipinski definition) is 7. The summed E-state index contributed by atoms with van der Waals surface area (Å²) < 4.78 is 4.95. The topological polar surface area (TPSA) is 124 Å². The van der Waals surface area contributed by atoms with Crippen LogP contribution in [0.4, 0.5) is 0 Å². The van der Waals surface area contributed by atoms with Gasteiger partial charge in [-0.25, -0.2) is 5.43 Å². The molecule has 9 nitrogen and oxygen atoms in total. The standard InChI is InChI=1S/C11H12N6O3/c1-20-9-4-7(2-3-8(9)18)6-12-15-11(19)5-10-13-16-17-14-10/h2-4,6H,5H2,1H3,(H3,12,13,14,15,16,17,18,19)/p-1. The van der Waals surface area contributed by atoms with Crippen LogP contribution in [0.15, 0.2) is 23.3 Å². The highest BCUT2D eigenvalue weighted by Crippen LogP contribution is 2.25. The predicted molar refractivity (Wildman–Crippen MR) is 67.2 cm³/mol. The van der Waals surface area contributed by atoms with Crippen LogP contribution in [0.5, 0.6) is 11.5 Å². The zero-order chi connectivity index (χ0) is 14.4. The van der Waals surface area contributed by atoms with Crippen molar-refractivity contribution in [1.29, 1.82) is 0 Å². The number of amides is 1. The van der Waals surface area contributed by atoms with Crippen LogP contribution in [-0.2, 0) is 11.2 Å².